The molecule has 0 spiro atoms. The van der Waals surface area contributed by atoms with Crippen molar-refractivity contribution in [2.45, 2.75) is 31.3 Å². The Hall–Kier alpha value is -3.54. The maximum absolute atomic E-state index is 12.8. The first-order valence-corrected chi connectivity index (χ1v) is 11.2. The van der Waals surface area contributed by atoms with E-state index in [0.29, 0.717) is 19.7 Å². The number of rotatable bonds is 4. The van der Waals surface area contributed by atoms with Gasteiger partial charge in [-0.15, -0.1) is 0 Å². The summed E-state index contributed by atoms with van der Waals surface area (Å²) in [7, 11) is 0. The lowest BCUT2D eigenvalue weighted by Crippen LogP contribution is -2.51. The van der Waals surface area contributed by atoms with Crippen molar-refractivity contribution in [3.63, 3.8) is 0 Å². The summed E-state index contributed by atoms with van der Waals surface area (Å²) >= 11 is 0. The predicted molar refractivity (Wildman–Crippen MR) is 125 cm³/mol. The second-order valence-corrected chi connectivity index (χ2v) is 8.54. The number of hydrogen-bond donors (Lipinski definition) is 1. The number of anilines is 1. The molecular weight excluding hydrogens is 402 g/mol. The molecule has 0 radical (unpaired) electrons. The van der Waals surface area contributed by atoms with Crippen LogP contribution in [0.2, 0.25) is 0 Å². The minimum absolute atomic E-state index is 0.0490. The van der Waals surface area contributed by atoms with Crippen LogP contribution in [-0.4, -0.2) is 53.7 Å². The zero-order chi connectivity index (χ0) is 21.9. The van der Waals surface area contributed by atoms with E-state index in [0.717, 1.165) is 35.7 Å². The zero-order valence-electron chi connectivity index (χ0n) is 17.9. The van der Waals surface area contributed by atoms with Gasteiger partial charge in [0.2, 0.25) is 0 Å². The van der Waals surface area contributed by atoms with E-state index in [4.69, 9.17) is 4.74 Å². The molecule has 0 aliphatic carbocycles. The van der Waals surface area contributed by atoms with Crippen molar-refractivity contribution < 1.29 is 14.3 Å². The van der Waals surface area contributed by atoms with Crippen LogP contribution in [-0.2, 0) is 11.2 Å². The van der Waals surface area contributed by atoms with Crippen molar-refractivity contribution in [2.75, 3.05) is 25.0 Å². The molecule has 3 amide bonds. The van der Waals surface area contributed by atoms with Gasteiger partial charge >= 0.3 is 12.1 Å². The topological polar surface area (TPSA) is 61.9 Å². The fourth-order valence-electron chi connectivity index (χ4n) is 4.78. The number of carbonyl (C=O) groups is 2. The Labute approximate surface area is 187 Å². The van der Waals surface area contributed by atoms with Gasteiger partial charge in [-0.2, -0.15) is 0 Å². The second kappa shape index (κ2) is 8.91. The Morgan fingerprint density at radius 3 is 2.44 bits per heavy atom. The number of ether oxygens (including phenoxy) is 1. The minimum Gasteiger partial charge on any atom is -0.447 e. The molecule has 3 aromatic carbocycles. The molecule has 0 unspecified atom stereocenters. The molecule has 0 bridgehead atoms. The number of cyclic esters (lactones) is 1. The number of amides is 3. The minimum atomic E-state index is -0.231. The third-order valence-corrected chi connectivity index (χ3v) is 6.46. The summed E-state index contributed by atoms with van der Waals surface area (Å²) in [6.45, 7) is 1.66. The molecule has 5 rings (SSSR count). The van der Waals surface area contributed by atoms with Crippen molar-refractivity contribution >= 4 is 28.6 Å². The maximum atomic E-state index is 12.8. The highest BCUT2D eigenvalue weighted by atomic mass is 16.6. The van der Waals surface area contributed by atoms with E-state index in [1.807, 2.05) is 64.4 Å². The van der Waals surface area contributed by atoms with E-state index in [2.05, 4.69) is 23.5 Å². The van der Waals surface area contributed by atoms with Crippen molar-refractivity contribution in [3.05, 3.63) is 78.4 Å². The molecule has 32 heavy (non-hydrogen) atoms. The molecular formula is C26H27N3O3. The number of nitrogens with zero attached hydrogens (tertiary/aromatic N) is 2. The lowest BCUT2D eigenvalue weighted by molar-refractivity contribution is 0.116. The number of benzene rings is 3. The fourth-order valence-corrected chi connectivity index (χ4v) is 4.78. The smallest absolute Gasteiger partial charge is 0.410 e. The second-order valence-electron chi connectivity index (χ2n) is 8.54. The Morgan fingerprint density at radius 1 is 0.938 bits per heavy atom. The van der Waals surface area contributed by atoms with Crippen LogP contribution in [0.15, 0.2) is 72.8 Å². The lowest BCUT2D eigenvalue weighted by atomic mass is 9.99. The van der Waals surface area contributed by atoms with Crippen molar-refractivity contribution in [3.8, 4) is 0 Å². The molecule has 1 N–H and O–H groups in total. The summed E-state index contributed by atoms with van der Waals surface area (Å²) < 4.78 is 5.39. The average molecular weight is 430 g/mol. The number of fused-ring (bicyclic) bond motifs is 1. The summed E-state index contributed by atoms with van der Waals surface area (Å²) in [6, 6.07) is 24.3. The number of carbonyl (C=O) groups excluding carboxylic acids is 2. The van der Waals surface area contributed by atoms with E-state index < -0.39 is 0 Å². The largest absolute Gasteiger partial charge is 0.447 e. The molecule has 2 aliphatic rings. The molecule has 164 valence electrons. The van der Waals surface area contributed by atoms with Crippen LogP contribution in [0.5, 0.6) is 0 Å². The molecule has 1 atom stereocenters. The van der Waals surface area contributed by atoms with Crippen LogP contribution in [0, 0.1) is 0 Å². The van der Waals surface area contributed by atoms with E-state index in [9.17, 15) is 9.59 Å². The van der Waals surface area contributed by atoms with Crippen molar-refractivity contribution in [1.29, 1.82) is 0 Å². The molecule has 2 heterocycles. The number of hydrogen-bond acceptors (Lipinski definition) is 3. The molecule has 6 nitrogen and oxygen atoms in total. The summed E-state index contributed by atoms with van der Waals surface area (Å²) in [5.74, 6) is 0. The first-order chi connectivity index (χ1) is 15.7. The van der Waals surface area contributed by atoms with E-state index in [-0.39, 0.29) is 24.2 Å². The van der Waals surface area contributed by atoms with E-state index in [1.165, 1.54) is 5.56 Å². The monoisotopic (exact) mass is 429 g/mol. The summed E-state index contributed by atoms with van der Waals surface area (Å²) in [4.78, 5) is 29.0. The van der Waals surface area contributed by atoms with Crippen LogP contribution >= 0.6 is 0 Å². The van der Waals surface area contributed by atoms with Gasteiger partial charge in [-0.05, 0) is 47.7 Å². The Balaban J connectivity index is 1.19. The maximum Gasteiger partial charge on any atom is 0.410 e. The Bertz CT molecular complexity index is 1110. The normalized spacial score (nSPS) is 19.2. The van der Waals surface area contributed by atoms with Crippen LogP contribution in [0.3, 0.4) is 0 Å². The molecule has 2 aliphatic heterocycles. The third kappa shape index (κ3) is 4.26. The van der Waals surface area contributed by atoms with Gasteiger partial charge in [0, 0.05) is 24.8 Å². The molecule has 2 fully saturated rings. The standard InChI is InChI=1S/C26H27N3O3/c30-25(27-22-11-10-20-8-4-5-9-21(20)17-22)28-14-12-23(13-15-28)29-24(18-32-26(29)31)16-19-6-2-1-3-7-19/h1-11,17,23-24H,12-16,18H2,(H,27,30)/t24-/m0/s1. The van der Waals surface area contributed by atoms with Gasteiger partial charge in [0.1, 0.15) is 6.61 Å². The molecule has 6 heteroatoms. The van der Waals surface area contributed by atoms with Gasteiger partial charge in [-0.25, -0.2) is 9.59 Å². The first-order valence-electron chi connectivity index (χ1n) is 11.2. The van der Waals surface area contributed by atoms with Crippen molar-refractivity contribution in [1.82, 2.24) is 9.80 Å². The van der Waals surface area contributed by atoms with Gasteiger partial charge in [0.05, 0.1) is 6.04 Å². The molecule has 3 aromatic rings. The highest BCUT2D eigenvalue weighted by Crippen LogP contribution is 2.26. The summed E-state index contributed by atoms with van der Waals surface area (Å²) in [5, 5.41) is 5.27. The van der Waals surface area contributed by atoms with E-state index in [1.54, 1.807) is 0 Å². The predicted octanol–water partition coefficient (Wildman–Crippen LogP) is 4.90. The number of urea groups is 1. The molecule has 0 aromatic heterocycles. The summed E-state index contributed by atoms with van der Waals surface area (Å²) in [5.41, 5.74) is 2.00. The van der Waals surface area contributed by atoms with Gasteiger partial charge in [-0.3, -0.25) is 4.90 Å². The quantitative estimate of drug-likeness (QED) is 0.642. The highest BCUT2D eigenvalue weighted by molar-refractivity contribution is 5.93. The number of likely N-dealkylation sites (tertiary alicyclic amines) is 1. The fraction of sp³-hybridized carbons (Fsp3) is 0.308. The Kier molecular flexibility index (Phi) is 5.67. The third-order valence-electron chi connectivity index (χ3n) is 6.46. The summed E-state index contributed by atoms with van der Waals surface area (Å²) in [6.07, 6.45) is 2.07. The van der Waals surface area contributed by atoms with Crippen LogP contribution in [0.4, 0.5) is 15.3 Å². The zero-order valence-corrected chi connectivity index (χ0v) is 17.9. The molecule has 2 saturated heterocycles. The highest BCUT2D eigenvalue weighted by Gasteiger charge is 2.39. The van der Waals surface area contributed by atoms with Crippen LogP contribution in [0.1, 0.15) is 18.4 Å². The molecule has 0 saturated carbocycles. The van der Waals surface area contributed by atoms with Crippen LogP contribution < -0.4 is 5.32 Å². The Morgan fingerprint density at radius 2 is 1.66 bits per heavy atom. The number of piperidine rings is 1. The van der Waals surface area contributed by atoms with Gasteiger partial charge in [0.15, 0.2) is 0 Å². The SMILES string of the molecule is O=C(Nc1ccc2ccccc2c1)N1CCC(N2C(=O)OC[C@@H]2Cc2ccccc2)CC1. The van der Waals surface area contributed by atoms with Gasteiger partial charge < -0.3 is 15.0 Å². The average Bonchev–Trinajstić information content (AvgIpc) is 3.19. The lowest BCUT2D eigenvalue weighted by Gasteiger charge is -2.37. The van der Waals surface area contributed by atoms with E-state index >= 15 is 0 Å². The number of nitrogens with one attached hydrogen (secondary N) is 1. The van der Waals surface area contributed by atoms with Gasteiger partial charge in [0.25, 0.3) is 0 Å². The van der Waals surface area contributed by atoms with Gasteiger partial charge in [-0.1, -0.05) is 60.7 Å². The van der Waals surface area contributed by atoms with Crippen LogP contribution in [0.25, 0.3) is 10.8 Å². The van der Waals surface area contributed by atoms with Crippen molar-refractivity contribution in [2.24, 2.45) is 0 Å². The first kappa shape index (κ1) is 20.4.